The third kappa shape index (κ3) is 10.9. The molecule has 0 aliphatic heterocycles. The van der Waals surface area contributed by atoms with Gasteiger partial charge >= 0.3 is 0 Å². The summed E-state index contributed by atoms with van der Waals surface area (Å²) in [6.45, 7) is 3.63. The fraction of sp³-hybridized carbons (Fsp3) is 0.806. The molecule has 1 heteroatoms. The van der Waals surface area contributed by atoms with Crippen molar-refractivity contribution in [1.82, 2.24) is 0 Å². The Kier molecular flexibility index (Phi) is 14.3. The number of hydrogen-bond acceptors (Lipinski definition) is 0. The molecule has 1 unspecified atom stereocenters. The highest BCUT2D eigenvalue weighted by Crippen LogP contribution is 2.40. The molecule has 0 amide bonds. The molecular weight excluding hydrogens is 386 g/mol. The number of quaternary nitrogens is 1. The monoisotopic (exact) mass is 442 g/mol. The van der Waals surface area contributed by atoms with Gasteiger partial charge in [0.1, 0.15) is 6.04 Å². The van der Waals surface area contributed by atoms with E-state index in [1.54, 1.807) is 5.56 Å². The molecule has 1 saturated carbocycles. The van der Waals surface area contributed by atoms with Gasteiger partial charge in [-0.25, -0.2) is 0 Å². The normalized spacial score (nSPS) is 16.3. The molecule has 0 bridgehead atoms. The van der Waals surface area contributed by atoms with E-state index >= 15 is 0 Å². The maximum absolute atomic E-state index is 2.51. The Morgan fingerprint density at radius 1 is 0.656 bits per heavy atom. The van der Waals surface area contributed by atoms with Crippen molar-refractivity contribution in [3.05, 3.63) is 35.9 Å². The quantitative estimate of drug-likeness (QED) is 0.157. The van der Waals surface area contributed by atoms with Gasteiger partial charge in [0.15, 0.2) is 0 Å². The van der Waals surface area contributed by atoms with E-state index in [1.807, 2.05) is 0 Å². The largest absolute Gasteiger partial charge is 0.322 e. The lowest BCUT2D eigenvalue weighted by molar-refractivity contribution is -0.925. The van der Waals surface area contributed by atoms with E-state index in [-0.39, 0.29) is 0 Å². The SMILES string of the molecule is CCCCCCCCCCCCCCCC[N+](C)(C)C(c1ccccc1)C1CCCCC1. The minimum absolute atomic E-state index is 0.679. The zero-order chi connectivity index (χ0) is 22.9. The van der Waals surface area contributed by atoms with Gasteiger partial charge in [0, 0.05) is 11.5 Å². The van der Waals surface area contributed by atoms with Gasteiger partial charge in [0.05, 0.1) is 20.6 Å². The summed E-state index contributed by atoms with van der Waals surface area (Å²) in [5.74, 6) is 0.868. The Morgan fingerprint density at radius 2 is 1.12 bits per heavy atom. The second kappa shape index (κ2) is 16.7. The molecule has 0 aromatic heterocycles. The van der Waals surface area contributed by atoms with Crippen LogP contribution in [0.5, 0.6) is 0 Å². The fourth-order valence-corrected chi connectivity index (χ4v) is 6.20. The minimum Gasteiger partial charge on any atom is -0.322 e. The predicted octanol–water partition coefficient (Wildman–Crippen LogP) is 9.87. The van der Waals surface area contributed by atoms with Crippen molar-refractivity contribution in [2.45, 2.75) is 135 Å². The molecule has 0 heterocycles. The molecule has 1 aromatic rings. The van der Waals surface area contributed by atoms with Gasteiger partial charge in [-0.1, -0.05) is 134 Å². The van der Waals surface area contributed by atoms with Gasteiger partial charge in [-0.2, -0.15) is 0 Å². The first-order chi connectivity index (χ1) is 15.6. The molecule has 1 atom stereocenters. The molecule has 0 radical (unpaired) electrons. The number of hydrogen-bond donors (Lipinski definition) is 0. The van der Waals surface area contributed by atoms with E-state index in [0.29, 0.717) is 6.04 Å². The summed E-state index contributed by atoms with van der Waals surface area (Å²) in [6.07, 6.45) is 27.4. The molecule has 184 valence electrons. The van der Waals surface area contributed by atoms with Gasteiger partial charge in [-0.3, -0.25) is 0 Å². The highest BCUT2D eigenvalue weighted by Gasteiger charge is 2.37. The Hall–Kier alpha value is -0.820. The molecule has 0 N–H and O–H groups in total. The van der Waals surface area contributed by atoms with Crippen molar-refractivity contribution >= 4 is 0 Å². The molecule has 1 fully saturated rings. The van der Waals surface area contributed by atoms with Gasteiger partial charge in [-0.15, -0.1) is 0 Å². The fourth-order valence-electron chi connectivity index (χ4n) is 6.20. The van der Waals surface area contributed by atoms with Gasteiger partial charge in [0.25, 0.3) is 0 Å². The summed E-state index contributed by atoms with van der Waals surface area (Å²) >= 11 is 0. The standard InChI is InChI=1S/C31H56N/c1-4-5-6-7-8-9-10-11-12-13-14-15-16-23-28-32(2,3)31(29-24-19-17-20-25-29)30-26-21-18-22-27-30/h17,19-20,24-25,30-31H,4-16,18,21-23,26-28H2,1-3H3/q+1. The topological polar surface area (TPSA) is 0 Å². The lowest BCUT2D eigenvalue weighted by atomic mass is 9.79. The lowest BCUT2D eigenvalue weighted by Gasteiger charge is -2.44. The van der Waals surface area contributed by atoms with E-state index in [4.69, 9.17) is 0 Å². The van der Waals surface area contributed by atoms with Crippen LogP contribution in [0.4, 0.5) is 0 Å². The average Bonchev–Trinajstić information content (AvgIpc) is 2.80. The van der Waals surface area contributed by atoms with Gasteiger partial charge < -0.3 is 4.48 Å². The molecule has 1 aromatic carbocycles. The summed E-state index contributed by atoms with van der Waals surface area (Å²) in [5.41, 5.74) is 1.58. The van der Waals surface area contributed by atoms with Crippen LogP contribution < -0.4 is 0 Å². The first-order valence-electron chi connectivity index (χ1n) is 14.5. The third-order valence-electron chi connectivity index (χ3n) is 8.08. The van der Waals surface area contributed by atoms with Crippen LogP contribution in [-0.4, -0.2) is 25.1 Å². The highest BCUT2D eigenvalue weighted by atomic mass is 15.3. The Labute approximate surface area is 202 Å². The highest BCUT2D eigenvalue weighted by molar-refractivity contribution is 5.18. The summed E-state index contributed by atoms with van der Waals surface area (Å²) in [6, 6.07) is 12.1. The van der Waals surface area contributed by atoms with E-state index in [1.165, 1.54) is 133 Å². The molecule has 1 aliphatic rings. The summed E-state index contributed by atoms with van der Waals surface area (Å²) < 4.78 is 1.17. The number of benzene rings is 1. The number of rotatable bonds is 18. The van der Waals surface area contributed by atoms with Crippen molar-refractivity contribution in [2.75, 3.05) is 20.6 Å². The van der Waals surface area contributed by atoms with Crippen molar-refractivity contribution in [3.63, 3.8) is 0 Å². The minimum atomic E-state index is 0.679. The average molecular weight is 443 g/mol. The van der Waals surface area contributed by atoms with Crippen LogP contribution in [0, 0.1) is 5.92 Å². The van der Waals surface area contributed by atoms with Gasteiger partial charge in [0.2, 0.25) is 0 Å². The Morgan fingerprint density at radius 3 is 1.62 bits per heavy atom. The van der Waals surface area contributed by atoms with Crippen molar-refractivity contribution < 1.29 is 4.48 Å². The summed E-state index contributed by atoms with van der Waals surface area (Å²) in [4.78, 5) is 0. The maximum atomic E-state index is 2.51. The molecule has 1 nitrogen and oxygen atoms in total. The van der Waals surface area contributed by atoms with Crippen LogP contribution in [0.3, 0.4) is 0 Å². The summed E-state index contributed by atoms with van der Waals surface area (Å²) in [5, 5.41) is 0. The van der Waals surface area contributed by atoms with Crippen molar-refractivity contribution in [1.29, 1.82) is 0 Å². The first-order valence-corrected chi connectivity index (χ1v) is 14.5. The van der Waals surface area contributed by atoms with Crippen LogP contribution in [0.15, 0.2) is 30.3 Å². The predicted molar refractivity (Wildman–Crippen MR) is 143 cm³/mol. The molecule has 0 spiro atoms. The van der Waals surface area contributed by atoms with E-state index in [0.717, 1.165) is 5.92 Å². The van der Waals surface area contributed by atoms with E-state index in [9.17, 15) is 0 Å². The Balaban J connectivity index is 1.59. The third-order valence-corrected chi connectivity index (χ3v) is 8.08. The molecule has 1 aliphatic carbocycles. The molecule has 0 saturated heterocycles. The van der Waals surface area contributed by atoms with Crippen LogP contribution in [-0.2, 0) is 0 Å². The Bertz CT molecular complexity index is 543. The van der Waals surface area contributed by atoms with Crippen LogP contribution >= 0.6 is 0 Å². The first kappa shape index (κ1) is 27.4. The van der Waals surface area contributed by atoms with Crippen molar-refractivity contribution in [3.8, 4) is 0 Å². The number of unbranched alkanes of at least 4 members (excludes halogenated alkanes) is 13. The summed E-state index contributed by atoms with van der Waals surface area (Å²) in [7, 11) is 5.02. The molecule has 32 heavy (non-hydrogen) atoms. The van der Waals surface area contributed by atoms with Crippen molar-refractivity contribution in [2.24, 2.45) is 5.92 Å². The number of nitrogens with zero attached hydrogens (tertiary/aromatic N) is 1. The second-order valence-corrected chi connectivity index (χ2v) is 11.4. The molecule has 2 rings (SSSR count). The van der Waals surface area contributed by atoms with Crippen LogP contribution in [0.2, 0.25) is 0 Å². The van der Waals surface area contributed by atoms with Crippen LogP contribution in [0.1, 0.15) is 141 Å². The molecular formula is C31H56N+. The van der Waals surface area contributed by atoms with Crippen LogP contribution in [0.25, 0.3) is 0 Å². The second-order valence-electron chi connectivity index (χ2n) is 11.4. The van der Waals surface area contributed by atoms with Gasteiger partial charge in [-0.05, 0) is 25.7 Å². The van der Waals surface area contributed by atoms with E-state index < -0.39 is 0 Å². The zero-order valence-corrected chi connectivity index (χ0v) is 22.1. The smallest absolute Gasteiger partial charge is 0.117 e. The lowest BCUT2D eigenvalue weighted by Crippen LogP contribution is -2.47. The van der Waals surface area contributed by atoms with E-state index in [2.05, 4.69) is 51.4 Å². The zero-order valence-electron chi connectivity index (χ0n) is 22.1. The maximum Gasteiger partial charge on any atom is 0.117 e.